The second-order valence-corrected chi connectivity index (χ2v) is 5.68. The van der Waals surface area contributed by atoms with E-state index in [-0.39, 0.29) is 11.0 Å². The predicted molar refractivity (Wildman–Crippen MR) is 89.9 cm³/mol. The maximum atomic E-state index is 12.7. The summed E-state index contributed by atoms with van der Waals surface area (Å²) in [5.74, 6) is -0.478. The van der Waals surface area contributed by atoms with E-state index in [1.807, 2.05) is 24.3 Å². The molecule has 0 saturated carbocycles. The van der Waals surface area contributed by atoms with Gasteiger partial charge in [-0.3, -0.25) is 9.78 Å². The Morgan fingerprint density at radius 1 is 1.21 bits per heavy atom. The number of carbonyl (C=O) groups is 1. The minimum atomic E-state index is -1.06. The van der Waals surface area contributed by atoms with Crippen molar-refractivity contribution in [1.29, 1.82) is 0 Å². The Bertz CT molecular complexity index is 1050. The van der Waals surface area contributed by atoms with E-state index in [0.29, 0.717) is 35.1 Å². The molecule has 2 aromatic heterocycles. The van der Waals surface area contributed by atoms with Crippen LogP contribution in [0, 0.1) is 0 Å². The van der Waals surface area contributed by atoms with Gasteiger partial charge in [-0.25, -0.2) is 4.79 Å². The molecule has 5 heteroatoms. The molecule has 0 saturated heterocycles. The van der Waals surface area contributed by atoms with Crippen LogP contribution in [0.4, 0.5) is 0 Å². The second kappa shape index (κ2) is 5.45. The Labute approximate surface area is 136 Å². The van der Waals surface area contributed by atoms with E-state index < -0.39 is 5.97 Å². The normalized spacial score (nSPS) is 14.9. The molecule has 1 aliphatic carbocycles. The van der Waals surface area contributed by atoms with Gasteiger partial charge < -0.3 is 9.52 Å². The SMILES string of the molecule is O=C(O)c1ccc2oc3c(c(=O)c2c1)CCC3=Cc1ccccn1. The molecule has 1 N–H and O–H groups in total. The second-order valence-electron chi connectivity index (χ2n) is 5.68. The molecule has 24 heavy (non-hydrogen) atoms. The van der Waals surface area contributed by atoms with Gasteiger partial charge in [0.1, 0.15) is 11.3 Å². The van der Waals surface area contributed by atoms with Gasteiger partial charge >= 0.3 is 5.97 Å². The summed E-state index contributed by atoms with van der Waals surface area (Å²) < 4.78 is 5.92. The number of aromatic carboxylic acids is 1. The first-order chi connectivity index (χ1) is 11.6. The lowest BCUT2D eigenvalue weighted by Gasteiger charge is -2.04. The number of pyridine rings is 1. The van der Waals surface area contributed by atoms with Gasteiger partial charge in [0.05, 0.1) is 16.6 Å². The largest absolute Gasteiger partial charge is 0.478 e. The topological polar surface area (TPSA) is 80.4 Å². The molecule has 0 radical (unpaired) electrons. The van der Waals surface area contributed by atoms with Crippen molar-refractivity contribution in [3.63, 3.8) is 0 Å². The molecule has 2 heterocycles. The fourth-order valence-electron chi connectivity index (χ4n) is 3.00. The maximum Gasteiger partial charge on any atom is 0.335 e. The molecule has 1 aromatic carbocycles. The molecule has 0 bridgehead atoms. The van der Waals surface area contributed by atoms with Gasteiger partial charge in [-0.2, -0.15) is 0 Å². The van der Waals surface area contributed by atoms with Crippen LogP contribution >= 0.6 is 0 Å². The van der Waals surface area contributed by atoms with Crippen molar-refractivity contribution in [3.05, 3.63) is 75.4 Å². The zero-order valence-corrected chi connectivity index (χ0v) is 12.7. The molecule has 0 fully saturated rings. The number of allylic oxidation sites excluding steroid dienone is 1. The van der Waals surface area contributed by atoms with Crippen LogP contribution in [0.1, 0.15) is 33.8 Å². The molecule has 0 aliphatic heterocycles. The van der Waals surface area contributed by atoms with Crippen molar-refractivity contribution in [1.82, 2.24) is 4.98 Å². The van der Waals surface area contributed by atoms with Gasteiger partial charge in [-0.15, -0.1) is 0 Å². The standard InChI is InChI=1S/C19H13NO4/c21-17-14-6-4-11(9-13-3-1-2-8-20-13)18(14)24-16-7-5-12(19(22)23)10-15(16)17/h1-3,5,7-10H,4,6H2,(H,22,23). The van der Waals surface area contributed by atoms with E-state index in [1.54, 1.807) is 6.20 Å². The minimum absolute atomic E-state index is 0.0806. The summed E-state index contributed by atoms with van der Waals surface area (Å²) in [6.07, 6.45) is 4.93. The highest BCUT2D eigenvalue weighted by atomic mass is 16.4. The minimum Gasteiger partial charge on any atom is -0.478 e. The highest BCUT2D eigenvalue weighted by Gasteiger charge is 2.24. The van der Waals surface area contributed by atoms with E-state index in [2.05, 4.69) is 4.98 Å². The molecule has 0 atom stereocenters. The molecule has 4 rings (SSSR count). The Hall–Kier alpha value is -3.21. The summed E-state index contributed by atoms with van der Waals surface area (Å²) in [6, 6.07) is 10.00. The maximum absolute atomic E-state index is 12.7. The average Bonchev–Trinajstić information content (AvgIpc) is 2.99. The molecule has 0 unspecified atom stereocenters. The summed E-state index contributed by atoms with van der Waals surface area (Å²) in [6.45, 7) is 0. The predicted octanol–water partition coefficient (Wildman–Crippen LogP) is 3.37. The van der Waals surface area contributed by atoms with E-state index in [1.165, 1.54) is 18.2 Å². The van der Waals surface area contributed by atoms with Crippen LogP contribution in [0.5, 0.6) is 0 Å². The Morgan fingerprint density at radius 2 is 2.08 bits per heavy atom. The summed E-state index contributed by atoms with van der Waals surface area (Å²) in [5.41, 5.74) is 2.68. The molecule has 3 aromatic rings. The van der Waals surface area contributed by atoms with Gasteiger partial charge in [0.2, 0.25) is 0 Å². The third-order valence-corrected chi connectivity index (χ3v) is 4.18. The molecule has 0 amide bonds. The number of nitrogens with zero attached hydrogens (tertiary/aromatic N) is 1. The van der Waals surface area contributed by atoms with Gasteiger partial charge in [0.15, 0.2) is 5.43 Å². The number of hydrogen-bond donors (Lipinski definition) is 1. The molecular formula is C19H13NO4. The van der Waals surface area contributed by atoms with Crippen LogP contribution in [0.2, 0.25) is 0 Å². The lowest BCUT2D eigenvalue weighted by molar-refractivity contribution is 0.0697. The van der Waals surface area contributed by atoms with E-state index >= 15 is 0 Å². The summed E-state index contributed by atoms with van der Waals surface area (Å²) in [7, 11) is 0. The van der Waals surface area contributed by atoms with Crippen molar-refractivity contribution < 1.29 is 14.3 Å². The van der Waals surface area contributed by atoms with Gasteiger partial charge in [-0.05, 0) is 54.8 Å². The Balaban J connectivity index is 1.90. The van der Waals surface area contributed by atoms with Crippen molar-refractivity contribution in [2.75, 3.05) is 0 Å². The monoisotopic (exact) mass is 319 g/mol. The number of aromatic nitrogens is 1. The van der Waals surface area contributed by atoms with Crippen molar-refractivity contribution in [2.24, 2.45) is 0 Å². The Kier molecular flexibility index (Phi) is 3.27. The lowest BCUT2D eigenvalue weighted by atomic mass is 10.1. The van der Waals surface area contributed by atoms with Gasteiger partial charge in [0.25, 0.3) is 0 Å². The molecule has 118 valence electrons. The van der Waals surface area contributed by atoms with Gasteiger partial charge in [0, 0.05) is 11.8 Å². The first-order valence-corrected chi connectivity index (χ1v) is 7.58. The van der Waals surface area contributed by atoms with E-state index in [9.17, 15) is 9.59 Å². The van der Waals surface area contributed by atoms with Crippen LogP contribution in [-0.2, 0) is 6.42 Å². The molecule has 1 aliphatic rings. The fourth-order valence-corrected chi connectivity index (χ4v) is 3.00. The number of carboxylic acids is 1. The number of fused-ring (bicyclic) bond motifs is 2. The third kappa shape index (κ3) is 2.31. The van der Waals surface area contributed by atoms with Crippen LogP contribution < -0.4 is 5.43 Å². The highest BCUT2D eigenvalue weighted by Crippen LogP contribution is 2.33. The first kappa shape index (κ1) is 14.4. The zero-order chi connectivity index (χ0) is 16.7. The molecular weight excluding hydrogens is 306 g/mol. The average molecular weight is 319 g/mol. The van der Waals surface area contributed by atoms with Crippen LogP contribution in [-0.4, -0.2) is 16.1 Å². The van der Waals surface area contributed by atoms with E-state index in [4.69, 9.17) is 9.52 Å². The smallest absolute Gasteiger partial charge is 0.335 e. The molecule has 5 nitrogen and oxygen atoms in total. The number of benzene rings is 1. The van der Waals surface area contributed by atoms with Crippen LogP contribution in [0.15, 0.2) is 51.8 Å². The third-order valence-electron chi connectivity index (χ3n) is 4.18. The summed E-state index contributed by atoms with van der Waals surface area (Å²) in [4.78, 5) is 28.1. The Morgan fingerprint density at radius 3 is 2.83 bits per heavy atom. The quantitative estimate of drug-likeness (QED) is 0.783. The fraction of sp³-hybridized carbons (Fsp3) is 0.105. The number of carboxylic acid groups (broad SMARTS) is 1. The zero-order valence-electron chi connectivity index (χ0n) is 12.7. The summed E-state index contributed by atoms with van der Waals surface area (Å²) in [5, 5.41) is 9.40. The van der Waals surface area contributed by atoms with Crippen LogP contribution in [0.3, 0.4) is 0 Å². The van der Waals surface area contributed by atoms with Crippen molar-refractivity contribution in [2.45, 2.75) is 12.8 Å². The van der Waals surface area contributed by atoms with Gasteiger partial charge in [-0.1, -0.05) is 6.07 Å². The number of hydrogen-bond acceptors (Lipinski definition) is 4. The number of rotatable bonds is 2. The van der Waals surface area contributed by atoms with E-state index in [0.717, 1.165) is 11.3 Å². The highest BCUT2D eigenvalue weighted by molar-refractivity contribution is 5.94. The molecule has 0 spiro atoms. The first-order valence-electron chi connectivity index (χ1n) is 7.58. The van der Waals surface area contributed by atoms with Crippen LogP contribution in [0.25, 0.3) is 22.6 Å². The lowest BCUT2D eigenvalue weighted by Crippen LogP contribution is -2.09. The van der Waals surface area contributed by atoms with Crippen molar-refractivity contribution in [3.8, 4) is 0 Å². The summed E-state index contributed by atoms with van der Waals surface area (Å²) >= 11 is 0. The van der Waals surface area contributed by atoms with Crippen molar-refractivity contribution >= 4 is 28.6 Å².